The summed E-state index contributed by atoms with van der Waals surface area (Å²) in [5.74, 6) is -0.223. The Bertz CT molecular complexity index is 557. The lowest BCUT2D eigenvalue weighted by molar-refractivity contribution is -0.122. The molecule has 1 saturated heterocycles. The van der Waals surface area contributed by atoms with Crippen molar-refractivity contribution in [3.63, 3.8) is 0 Å². The van der Waals surface area contributed by atoms with Crippen LogP contribution in [-0.4, -0.2) is 40.1 Å². The van der Waals surface area contributed by atoms with Crippen LogP contribution in [-0.2, 0) is 16.1 Å². The molecule has 0 aromatic carbocycles. The fraction of sp³-hybridized carbons (Fsp3) is 0.615. The zero-order valence-corrected chi connectivity index (χ0v) is 15.0. The van der Waals surface area contributed by atoms with Gasteiger partial charge in [-0.05, 0) is 54.8 Å². The van der Waals surface area contributed by atoms with Gasteiger partial charge in [-0.1, -0.05) is 0 Å². The van der Waals surface area contributed by atoms with Crippen molar-refractivity contribution in [2.75, 3.05) is 13.2 Å². The van der Waals surface area contributed by atoms with Crippen molar-refractivity contribution in [1.82, 2.24) is 25.9 Å². The molecule has 9 heteroatoms. The van der Waals surface area contributed by atoms with Crippen LogP contribution < -0.4 is 16.2 Å². The maximum absolute atomic E-state index is 11.9. The quantitative estimate of drug-likeness (QED) is 0.525. The van der Waals surface area contributed by atoms with Gasteiger partial charge in [0.15, 0.2) is 5.11 Å². The molecule has 22 heavy (non-hydrogen) atoms. The van der Waals surface area contributed by atoms with E-state index in [1.54, 1.807) is 4.68 Å². The number of ether oxygens (including phenoxy) is 1. The van der Waals surface area contributed by atoms with Crippen molar-refractivity contribution in [1.29, 1.82) is 0 Å². The molecular formula is C13H20BrN5O2S. The monoisotopic (exact) mass is 389 g/mol. The molecule has 0 aliphatic carbocycles. The third-order valence-corrected chi connectivity index (χ3v) is 4.81. The van der Waals surface area contributed by atoms with Crippen LogP contribution in [0.3, 0.4) is 0 Å². The van der Waals surface area contributed by atoms with Gasteiger partial charge in [-0.25, -0.2) is 0 Å². The smallest absolute Gasteiger partial charge is 0.260 e. The van der Waals surface area contributed by atoms with E-state index in [1.807, 2.05) is 13.8 Å². The van der Waals surface area contributed by atoms with E-state index in [9.17, 15) is 4.79 Å². The average molecular weight is 390 g/mol. The predicted octanol–water partition coefficient (Wildman–Crippen LogP) is 0.937. The molecule has 0 spiro atoms. The molecular weight excluding hydrogens is 370 g/mol. The van der Waals surface area contributed by atoms with E-state index in [0.29, 0.717) is 11.7 Å². The molecule has 1 aliphatic rings. The maximum atomic E-state index is 11.9. The Balaban J connectivity index is 1.70. The number of rotatable bonds is 4. The second kappa shape index (κ2) is 7.89. The number of aromatic nitrogens is 2. The van der Waals surface area contributed by atoms with Gasteiger partial charge in [0.2, 0.25) is 0 Å². The van der Waals surface area contributed by atoms with Gasteiger partial charge < -0.3 is 10.1 Å². The topological polar surface area (TPSA) is 80.2 Å². The zero-order valence-electron chi connectivity index (χ0n) is 12.6. The molecule has 2 rings (SSSR count). The Hall–Kier alpha value is -1.19. The number of nitrogens with one attached hydrogen (secondary N) is 3. The number of carbonyl (C=O) groups excluding carboxylic acids is 1. The van der Waals surface area contributed by atoms with Crippen LogP contribution >= 0.6 is 28.1 Å². The van der Waals surface area contributed by atoms with Crippen molar-refractivity contribution in [2.24, 2.45) is 0 Å². The molecule has 3 N–H and O–H groups in total. The Morgan fingerprint density at radius 1 is 1.50 bits per heavy atom. The Labute approximate surface area is 143 Å². The number of aryl methyl sites for hydroxylation is 1. The summed E-state index contributed by atoms with van der Waals surface area (Å²) in [7, 11) is 0. The molecule has 0 bridgehead atoms. The number of hydrogen-bond donors (Lipinski definition) is 3. The number of carbonyl (C=O) groups is 1. The number of nitrogens with zero attached hydrogens (tertiary/aromatic N) is 2. The van der Waals surface area contributed by atoms with Crippen molar-refractivity contribution in [2.45, 2.75) is 39.3 Å². The second-order valence-electron chi connectivity index (χ2n) is 5.16. The Kier molecular flexibility index (Phi) is 6.16. The minimum absolute atomic E-state index is 0.125. The highest BCUT2D eigenvalue weighted by molar-refractivity contribution is 9.10. The molecule has 122 valence electrons. The lowest BCUT2D eigenvalue weighted by Gasteiger charge is -2.14. The van der Waals surface area contributed by atoms with E-state index in [4.69, 9.17) is 17.0 Å². The number of amides is 1. The lowest BCUT2D eigenvalue weighted by atomic mass is 10.2. The van der Waals surface area contributed by atoms with Gasteiger partial charge in [-0.2, -0.15) is 5.10 Å². The van der Waals surface area contributed by atoms with Crippen LogP contribution in [0.5, 0.6) is 0 Å². The van der Waals surface area contributed by atoms with Gasteiger partial charge in [0, 0.05) is 13.2 Å². The zero-order chi connectivity index (χ0) is 16.1. The van der Waals surface area contributed by atoms with E-state index < -0.39 is 0 Å². The summed E-state index contributed by atoms with van der Waals surface area (Å²) in [4.78, 5) is 11.9. The van der Waals surface area contributed by atoms with E-state index >= 15 is 0 Å². The lowest BCUT2D eigenvalue weighted by Crippen LogP contribution is -2.49. The first kappa shape index (κ1) is 17.2. The highest BCUT2D eigenvalue weighted by Crippen LogP contribution is 2.19. The molecule has 1 fully saturated rings. The van der Waals surface area contributed by atoms with Crippen molar-refractivity contribution >= 4 is 39.2 Å². The van der Waals surface area contributed by atoms with Crippen molar-refractivity contribution in [3.8, 4) is 0 Å². The first-order valence-electron chi connectivity index (χ1n) is 7.11. The fourth-order valence-corrected chi connectivity index (χ4v) is 2.61. The molecule has 0 saturated carbocycles. The molecule has 1 aromatic rings. The van der Waals surface area contributed by atoms with Gasteiger partial charge in [0.1, 0.15) is 6.54 Å². The first-order valence-corrected chi connectivity index (χ1v) is 8.31. The number of halogens is 1. The summed E-state index contributed by atoms with van der Waals surface area (Å²) in [6.45, 7) is 5.36. The van der Waals surface area contributed by atoms with Crippen LogP contribution in [0.15, 0.2) is 4.47 Å². The predicted molar refractivity (Wildman–Crippen MR) is 90.3 cm³/mol. The summed E-state index contributed by atoms with van der Waals surface area (Å²) in [6.07, 6.45) is 2.32. The molecule has 1 aliphatic heterocycles. The maximum Gasteiger partial charge on any atom is 0.260 e. The fourth-order valence-electron chi connectivity index (χ4n) is 2.19. The summed E-state index contributed by atoms with van der Waals surface area (Å²) < 4.78 is 8.04. The average Bonchev–Trinajstić information content (AvgIpc) is 3.08. The van der Waals surface area contributed by atoms with Crippen LogP contribution in [0.1, 0.15) is 24.2 Å². The molecule has 2 heterocycles. The Morgan fingerprint density at radius 3 is 2.86 bits per heavy atom. The van der Waals surface area contributed by atoms with E-state index in [2.05, 4.69) is 37.2 Å². The molecule has 0 radical (unpaired) electrons. The molecule has 1 atom stereocenters. The van der Waals surface area contributed by atoms with Gasteiger partial charge in [-0.15, -0.1) is 0 Å². The van der Waals surface area contributed by atoms with Crippen molar-refractivity contribution < 1.29 is 9.53 Å². The van der Waals surface area contributed by atoms with Crippen LogP contribution in [0.2, 0.25) is 0 Å². The largest absolute Gasteiger partial charge is 0.376 e. The molecule has 1 aromatic heterocycles. The number of hydrazine groups is 1. The minimum Gasteiger partial charge on any atom is -0.376 e. The van der Waals surface area contributed by atoms with E-state index in [-0.39, 0.29) is 18.6 Å². The summed E-state index contributed by atoms with van der Waals surface area (Å²) in [6, 6.07) is 0. The summed E-state index contributed by atoms with van der Waals surface area (Å²) in [5.41, 5.74) is 7.00. The highest BCUT2D eigenvalue weighted by atomic mass is 79.9. The number of hydrogen-bond acceptors (Lipinski definition) is 4. The Morgan fingerprint density at radius 2 is 2.27 bits per heavy atom. The van der Waals surface area contributed by atoms with Crippen LogP contribution in [0.25, 0.3) is 0 Å². The van der Waals surface area contributed by atoms with E-state index in [1.165, 1.54) is 0 Å². The minimum atomic E-state index is -0.223. The standard InChI is InChI=1S/C13H20BrN5O2S/c1-8-12(14)9(2)19(18-8)7-11(20)16-17-13(22)15-6-10-4-3-5-21-10/h10H,3-7H2,1-2H3,(H,16,20)(H2,15,17,22)/t10-/m1/s1. The third-order valence-electron chi connectivity index (χ3n) is 3.42. The van der Waals surface area contributed by atoms with Crippen LogP contribution in [0.4, 0.5) is 0 Å². The highest BCUT2D eigenvalue weighted by Gasteiger charge is 2.15. The van der Waals surface area contributed by atoms with E-state index in [0.717, 1.165) is 35.3 Å². The van der Waals surface area contributed by atoms with Gasteiger partial charge in [0.05, 0.1) is 22.0 Å². The normalized spacial score (nSPS) is 17.3. The SMILES string of the molecule is Cc1nn(CC(=O)NNC(=S)NC[C@H]2CCCO2)c(C)c1Br. The van der Waals surface area contributed by atoms with Gasteiger partial charge in [0.25, 0.3) is 5.91 Å². The molecule has 1 amide bonds. The molecule has 0 unspecified atom stereocenters. The van der Waals surface area contributed by atoms with Crippen LogP contribution in [0, 0.1) is 13.8 Å². The second-order valence-corrected chi connectivity index (χ2v) is 6.36. The number of thiocarbonyl (C=S) groups is 1. The first-order chi connectivity index (χ1) is 10.5. The molecule has 7 nitrogen and oxygen atoms in total. The van der Waals surface area contributed by atoms with Crippen molar-refractivity contribution in [3.05, 3.63) is 15.9 Å². The summed E-state index contributed by atoms with van der Waals surface area (Å²) in [5, 5.41) is 7.67. The van der Waals surface area contributed by atoms with Gasteiger partial charge >= 0.3 is 0 Å². The van der Waals surface area contributed by atoms with Gasteiger partial charge in [-0.3, -0.25) is 20.3 Å². The summed E-state index contributed by atoms with van der Waals surface area (Å²) >= 11 is 8.53. The third kappa shape index (κ3) is 4.65.